The van der Waals surface area contributed by atoms with Crippen LogP contribution in [0.15, 0.2) is 30.3 Å². The van der Waals surface area contributed by atoms with Crippen molar-refractivity contribution in [3.05, 3.63) is 35.9 Å². The molecule has 1 aromatic carbocycles. The lowest BCUT2D eigenvalue weighted by Gasteiger charge is -2.31. The van der Waals surface area contributed by atoms with E-state index in [1.807, 2.05) is 30.3 Å². The first-order chi connectivity index (χ1) is 9.13. The molecule has 0 aromatic heterocycles. The van der Waals surface area contributed by atoms with Crippen LogP contribution in [0.4, 0.5) is 0 Å². The molecule has 0 bridgehead atoms. The predicted molar refractivity (Wildman–Crippen MR) is 76.1 cm³/mol. The van der Waals surface area contributed by atoms with Gasteiger partial charge in [0.1, 0.15) is 5.54 Å². The van der Waals surface area contributed by atoms with E-state index in [9.17, 15) is 9.90 Å². The van der Waals surface area contributed by atoms with Gasteiger partial charge in [0.15, 0.2) is 0 Å². The molecule has 1 atom stereocenters. The van der Waals surface area contributed by atoms with Gasteiger partial charge in [-0.25, -0.2) is 4.79 Å². The third-order valence-electron chi connectivity index (χ3n) is 4.13. The molecular weight excluding hydrogens is 238 g/mol. The number of carbonyl (C=O) groups is 1. The molecule has 19 heavy (non-hydrogen) atoms. The van der Waals surface area contributed by atoms with E-state index in [0.717, 1.165) is 18.4 Å². The Hall–Kier alpha value is -1.35. The maximum atomic E-state index is 11.7. The number of benzene rings is 1. The van der Waals surface area contributed by atoms with Crippen molar-refractivity contribution < 1.29 is 9.90 Å². The number of hydrogen-bond donors (Lipinski definition) is 2. The molecule has 1 fully saturated rings. The van der Waals surface area contributed by atoms with E-state index in [2.05, 4.69) is 5.32 Å². The fourth-order valence-corrected chi connectivity index (χ4v) is 2.87. The fourth-order valence-electron chi connectivity index (χ4n) is 2.87. The van der Waals surface area contributed by atoms with Gasteiger partial charge >= 0.3 is 5.97 Å². The first-order valence-corrected chi connectivity index (χ1v) is 7.19. The molecule has 1 aromatic rings. The summed E-state index contributed by atoms with van der Waals surface area (Å²) >= 11 is 0. The van der Waals surface area contributed by atoms with E-state index >= 15 is 0 Å². The van der Waals surface area contributed by atoms with E-state index < -0.39 is 11.5 Å². The molecule has 1 saturated carbocycles. The monoisotopic (exact) mass is 261 g/mol. The first-order valence-electron chi connectivity index (χ1n) is 7.19. The van der Waals surface area contributed by atoms with E-state index in [4.69, 9.17) is 0 Å². The summed E-state index contributed by atoms with van der Waals surface area (Å²) in [6.45, 7) is 1.77. The van der Waals surface area contributed by atoms with Crippen LogP contribution in [0.25, 0.3) is 0 Å². The van der Waals surface area contributed by atoms with Crippen LogP contribution < -0.4 is 5.32 Å². The minimum Gasteiger partial charge on any atom is -0.480 e. The number of aliphatic carboxylic acids is 1. The maximum absolute atomic E-state index is 11.7. The van der Waals surface area contributed by atoms with Crippen molar-refractivity contribution in [1.29, 1.82) is 0 Å². The van der Waals surface area contributed by atoms with Crippen LogP contribution in [0.3, 0.4) is 0 Å². The molecule has 2 N–H and O–H groups in total. The van der Waals surface area contributed by atoms with Gasteiger partial charge in [0.25, 0.3) is 0 Å². The van der Waals surface area contributed by atoms with Crippen molar-refractivity contribution in [1.82, 2.24) is 5.32 Å². The van der Waals surface area contributed by atoms with Crippen LogP contribution >= 0.6 is 0 Å². The van der Waals surface area contributed by atoms with Crippen molar-refractivity contribution in [2.45, 2.75) is 57.0 Å². The largest absolute Gasteiger partial charge is 0.480 e. The van der Waals surface area contributed by atoms with E-state index in [1.165, 1.54) is 25.7 Å². The average molecular weight is 261 g/mol. The number of carboxylic acid groups (broad SMARTS) is 1. The number of nitrogens with one attached hydrogen (secondary N) is 1. The molecule has 0 spiro atoms. The molecule has 0 saturated heterocycles. The molecule has 3 nitrogen and oxygen atoms in total. The van der Waals surface area contributed by atoms with Gasteiger partial charge in [-0.1, -0.05) is 56.0 Å². The second kappa shape index (κ2) is 6.20. The zero-order valence-corrected chi connectivity index (χ0v) is 11.6. The summed E-state index contributed by atoms with van der Waals surface area (Å²) in [6, 6.07) is 9.78. The van der Waals surface area contributed by atoms with Gasteiger partial charge in [0.2, 0.25) is 0 Å². The van der Waals surface area contributed by atoms with Crippen LogP contribution in [0, 0.1) is 0 Å². The third-order valence-corrected chi connectivity index (χ3v) is 4.13. The SMILES string of the molecule is CC(NC1CCCCCC1)(C(=O)O)c1ccccc1. The summed E-state index contributed by atoms with van der Waals surface area (Å²) in [7, 11) is 0. The highest BCUT2D eigenvalue weighted by Gasteiger charge is 2.36. The lowest BCUT2D eigenvalue weighted by atomic mass is 9.90. The maximum Gasteiger partial charge on any atom is 0.328 e. The lowest BCUT2D eigenvalue weighted by Crippen LogP contribution is -2.51. The molecule has 1 unspecified atom stereocenters. The average Bonchev–Trinajstić information content (AvgIpc) is 2.68. The smallest absolute Gasteiger partial charge is 0.328 e. The zero-order valence-electron chi connectivity index (χ0n) is 11.6. The second-order valence-electron chi connectivity index (χ2n) is 5.63. The van der Waals surface area contributed by atoms with Crippen molar-refractivity contribution in [2.75, 3.05) is 0 Å². The van der Waals surface area contributed by atoms with Crippen LogP contribution in [0.2, 0.25) is 0 Å². The van der Waals surface area contributed by atoms with Gasteiger partial charge in [-0.3, -0.25) is 5.32 Å². The fraction of sp³-hybridized carbons (Fsp3) is 0.562. The molecule has 0 amide bonds. The molecule has 104 valence electrons. The van der Waals surface area contributed by atoms with Gasteiger partial charge < -0.3 is 5.11 Å². The molecule has 1 aliphatic rings. The van der Waals surface area contributed by atoms with Gasteiger partial charge in [-0.15, -0.1) is 0 Å². The summed E-state index contributed by atoms with van der Waals surface area (Å²) in [5.41, 5.74) is -0.164. The molecule has 1 aliphatic carbocycles. The van der Waals surface area contributed by atoms with E-state index in [1.54, 1.807) is 6.92 Å². The van der Waals surface area contributed by atoms with Crippen molar-refractivity contribution >= 4 is 5.97 Å². The Morgan fingerprint density at radius 3 is 2.26 bits per heavy atom. The Morgan fingerprint density at radius 1 is 1.16 bits per heavy atom. The van der Waals surface area contributed by atoms with Gasteiger partial charge in [0, 0.05) is 6.04 Å². The lowest BCUT2D eigenvalue weighted by molar-refractivity contribution is -0.145. The van der Waals surface area contributed by atoms with Crippen LogP contribution in [-0.4, -0.2) is 17.1 Å². The molecule has 0 radical (unpaired) electrons. The highest BCUT2D eigenvalue weighted by Crippen LogP contribution is 2.25. The topological polar surface area (TPSA) is 49.3 Å². The number of hydrogen-bond acceptors (Lipinski definition) is 2. The zero-order chi connectivity index (χ0) is 13.7. The van der Waals surface area contributed by atoms with Crippen molar-refractivity contribution in [2.24, 2.45) is 0 Å². The Morgan fingerprint density at radius 2 is 1.74 bits per heavy atom. The Kier molecular flexibility index (Phi) is 4.59. The minimum absolute atomic E-state index is 0.309. The van der Waals surface area contributed by atoms with Gasteiger partial charge in [-0.2, -0.15) is 0 Å². The van der Waals surface area contributed by atoms with Crippen LogP contribution in [0.1, 0.15) is 51.0 Å². The quantitative estimate of drug-likeness (QED) is 0.818. The predicted octanol–water partition coefficient (Wildman–Crippen LogP) is 3.30. The summed E-state index contributed by atoms with van der Waals surface area (Å²) in [5, 5.41) is 13.0. The minimum atomic E-state index is -0.990. The standard InChI is InChI=1S/C16H23NO2/c1-16(15(18)19,13-9-5-4-6-10-13)17-14-11-7-2-3-8-12-14/h4-6,9-10,14,17H,2-3,7-8,11-12H2,1H3,(H,18,19). The van der Waals surface area contributed by atoms with Crippen molar-refractivity contribution in [3.63, 3.8) is 0 Å². The first kappa shape index (κ1) is 14.1. The third kappa shape index (κ3) is 3.35. The Bertz CT molecular complexity index is 410. The number of rotatable bonds is 4. The summed E-state index contributed by atoms with van der Waals surface area (Å²) < 4.78 is 0. The van der Waals surface area contributed by atoms with E-state index in [-0.39, 0.29) is 0 Å². The molecule has 2 rings (SSSR count). The molecule has 0 heterocycles. The normalized spacial score (nSPS) is 20.5. The van der Waals surface area contributed by atoms with Crippen LogP contribution in [-0.2, 0) is 10.3 Å². The number of carboxylic acids is 1. The summed E-state index contributed by atoms with van der Waals surface area (Å²) in [4.78, 5) is 11.7. The Labute approximate surface area is 115 Å². The second-order valence-corrected chi connectivity index (χ2v) is 5.63. The highest BCUT2D eigenvalue weighted by molar-refractivity contribution is 5.80. The molecule has 0 aliphatic heterocycles. The van der Waals surface area contributed by atoms with Crippen molar-refractivity contribution in [3.8, 4) is 0 Å². The van der Waals surface area contributed by atoms with Gasteiger partial charge in [0.05, 0.1) is 0 Å². The summed E-state index contributed by atoms with van der Waals surface area (Å²) in [5.74, 6) is -0.803. The van der Waals surface area contributed by atoms with E-state index in [0.29, 0.717) is 6.04 Å². The van der Waals surface area contributed by atoms with Gasteiger partial charge in [-0.05, 0) is 25.3 Å². The highest BCUT2D eigenvalue weighted by atomic mass is 16.4. The molecular formula is C16H23NO2. The Balaban J connectivity index is 2.17. The molecule has 3 heteroatoms. The van der Waals surface area contributed by atoms with Crippen LogP contribution in [0.5, 0.6) is 0 Å². The summed E-state index contributed by atoms with van der Waals surface area (Å²) in [6.07, 6.45) is 7.09.